The zero-order valence-electron chi connectivity index (χ0n) is 22.8. The number of aliphatic hydroxyl groups excluding tert-OH is 2. The monoisotopic (exact) mass is 413 g/mol. The van der Waals surface area contributed by atoms with E-state index in [1.807, 2.05) is 13.8 Å². The summed E-state index contributed by atoms with van der Waals surface area (Å²) in [6.07, 6.45) is -7.26. The van der Waals surface area contributed by atoms with Crippen LogP contribution in [0.4, 0.5) is 0 Å². The predicted octanol–water partition coefficient (Wildman–Crippen LogP) is 3.45. The van der Waals surface area contributed by atoms with Crippen molar-refractivity contribution in [3.05, 3.63) is 0 Å². The molecule has 0 radical (unpaired) electrons. The zero-order chi connectivity index (χ0) is 25.6. The molecule has 4 aliphatic carbocycles. The van der Waals surface area contributed by atoms with E-state index in [9.17, 15) is 20.1 Å². The molecule has 0 unspecified atom stereocenters. The van der Waals surface area contributed by atoms with E-state index in [-0.39, 0.29) is 48.9 Å². The molecule has 4 rings (SSSR count). The average Bonchev–Trinajstić information content (AvgIpc) is 3.06. The van der Waals surface area contributed by atoms with Crippen LogP contribution in [0.25, 0.3) is 0 Å². The molecule has 0 spiro atoms. The second kappa shape index (κ2) is 7.49. The molecular formula is C24H40O5. The summed E-state index contributed by atoms with van der Waals surface area (Å²) in [7, 11) is 0. The van der Waals surface area contributed by atoms with Crippen LogP contribution < -0.4 is 0 Å². The predicted molar refractivity (Wildman–Crippen MR) is 110 cm³/mol. The lowest BCUT2D eigenvalue weighted by Crippen LogP contribution is -2.62. The third kappa shape index (κ3) is 3.27. The molecule has 11 atom stereocenters. The Bertz CT molecular complexity index is 837. The smallest absolute Gasteiger partial charge is 0.303 e. The van der Waals surface area contributed by atoms with Gasteiger partial charge in [0, 0.05) is 11.9 Å². The number of aliphatic hydroxyl groups is 3. The van der Waals surface area contributed by atoms with Crippen LogP contribution in [0.1, 0.15) is 85.3 Å². The Labute approximate surface area is 181 Å². The Morgan fingerprint density at radius 2 is 1.93 bits per heavy atom. The van der Waals surface area contributed by atoms with Crippen molar-refractivity contribution in [2.45, 2.75) is 96.8 Å². The third-order valence-electron chi connectivity index (χ3n) is 9.52. The van der Waals surface area contributed by atoms with Crippen LogP contribution in [-0.2, 0) is 4.79 Å². The molecule has 0 bridgehead atoms. The number of carboxylic acid groups (broad SMARTS) is 1. The first-order chi connectivity index (χ1) is 15.4. The fourth-order valence-electron chi connectivity index (χ4n) is 7.88. The number of rotatable bonds is 4. The van der Waals surface area contributed by atoms with E-state index in [4.69, 9.17) is 12.0 Å². The van der Waals surface area contributed by atoms with Gasteiger partial charge in [0.1, 0.15) is 0 Å². The maximum atomic E-state index is 11.6. The minimum absolute atomic E-state index is 0.0418. The first kappa shape index (κ1) is 16.0. The Balaban J connectivity index is 1.70. The van der Waals surface area contributed by atoms with Gasteiger partial charge in [-0.2, -0.15) is 0 Å². The summed E-state index contributed by atoms with van der Waals surface area (Å²) in [4.78, 5) is 11.1. The molecule has 0 aromatic heterocycles. The maximum absolute atomic E-state index is 11.6. The molecular weight excluding hydrogens is 368 g/mol. The fourth-order valence-corrected chi connectivity index (χ4v) is 7.88. The molecule has 166 valence electrons. The van der Waals surface area contributed by atoms with E-state index < -0.39 is 53.8 Å². The van der Waals surface area contributed by atoms with E-state index in [0.717, 1.165) is 12.8 Å². The van der Waals surface area contributed by atoms with E-state index in [2.05, 4.69) is 6.92 Å². The van der Waals surface area contributed by atoms with Crippen LogP contribution in [0.3, 0.4) is 0 Å². The van der Waals surface area contributed by atoms with Crippen LogP contribution in [-0.4, -0.2) is 44.7 Å². The van der Waals surface area contributed by atoms with Crippen molar-refractivity contribution in [3.8, 4) is 0 Å². The molecule has 0 heterocycles. The Kier molecular flexibility index (Phi) is 4.15. The van der Waals surface area contributed by atoms with Crippen molar-refractivity contribution in [2.24, 2.45) is 46.3 Å². The SMILES string of the molecule is [2H]C1([2H])C[C@@]2(C)[C@H](C[C@@H](O)[C@@H]3[C@@H]2C[C@H](O)[C@]2(C)[C@@H]([C@H](C)CCC(=O)O)CC[C@@H]32)C([2H])([2H])[C@]1([2H])O. The molecule has 4 fully saturated rings. The molecule has 0 aliphatic heterocycles. The molecule has 4 N–H and O–H groups in total. The Morgan fingerprint density at radius 3 is 2.62 bits per heavy atom. The second-order valence-corrected chi connectivity index (χ2v) is 10.7. The summed E-state index contributed by atoms with van der Waals surface area (Å²) < 4.78 is 42.2. The summed E-state index contributed by atoms with van der Waals surface area (Å²) >= 11 is 0. The zero-order valence-corrected chi connectivity index (χ0v) is 17.8. The Morgan fingerprint density at radius 1 is 1.21 bits per heavy atom. The number of hydrogen-bond acceptors (Lipinski definition) is 4. The molecule has 0 amide bonds. The van der Waals surface area contributed by atoms with Gasteiger partial charge in [0.2, 0.25) is 0 Å². The normalized spacial score (nSPS) is 61.4. The topological polar surface area (TPSA) is 98.0 Å². The number of carboxylic acids is 1. The van der Waals surface area contributed by atoms with E-state index >= 15 is 0 Å². The summed E-state index contributed by atoms with van der Waals surface area (Å²) in [5.41, 5.74) is -1.44. The lowest BCUT2D eigenvalue weighted by molar-refractivity contribution is -0.207. The van der Waals surface area contributed by atoms with Gasteiger partial charge in [0.15, 0.2) is 0 Å². The molecule has 5 nitrogen and oxygen atoms in total. The van der Waals surface area contributed by atoms with Crippen LogP contribution in [0, 0.1) is 46.3 Å². The van der Waals surface area contributed by atoms with Gasteiger partial charge in [-0.15, -0.1) is 0 Å². The highest BCUT2D eigenvalue weighted by Crippen LogP contribution is 2.68. The van der Waals surface area contributed by atoms with Gasteiger partial charge in [-0.05, 0) is 97.6 Å². The number of aliphatic carboxylic acids is 1. The Hall–Kier alpha value is -0.650. The lowest BCUT2D eigenvalue weighted by Gasteiger charge is -2.63. The van der Waals surface area contributed by atoms with Crippen molar-refractivity contribution in [1.29, 1.82) is 0 Å². The fraction of sp³-hybridized carbons (Fsp3) is 0.958. The minimum Gasteiger partial charge on any atom is -0.481 e. The summed E-state index contributed by atoms with van der Waals surface area (Å²) in [5, 5.41) is 42.7. The largest absolute Gasteiger partial charge is 0.481 e. The minimum atomic E-state index is -2.93. The van der Waals surface area contributed by atoms with Crippen molar-refractivity contribution in [2.75, 3.05) is 0 Å². The standard InChI is InChI=1S/C24H40O5/c1-13(4-7-21(28)29)16-5-6-17-22-18(12-20(27)24(16,17)3)23(2)9-8-15(25)10-14(23)11-19(22)26/h13-20,22,25-27H,4-12H2,1-3H3,(H,28,29)/t13-,14+,15-,16-,17+,18+,19-,20+,22+,23+,24-/m1/s1/i8D2,10D2,15D. The van der Waals surface area contributed by atoms with Crippen molar-refractivity contribution in [1.82, 2.24) is 0 Å². The molecule has 0 saturated heterocycles. The van der Waals surface area contributed by atoms with E-state index in [1.54, 1.807) is 0 Å². The lowest BCUT2D eigenvalue weighted by atomic mass is 9.43. The molecule has 4 saturated carbocycles. The van der Waals surface area contributed by atoms with Gasteiger partial charge in [0.05, 0.1) is 19.7 Å². The van der Waals surface area contributed by atoms with Gasteiger partial charge in [0.25, 0.3) is 0 Å². The van der Waals surface area contributed by atoms with Gasteiger partial charge >= 0.3 is 5.97 Å². The quantitative estimate of drug-likeness (QED) is 0.566. The van der Waals surface area contributed by atoms with E-state index in [0.29, 0.717) is 12.8 Å². The van der Waals surface area contributed by atoms with Crippen LogP contribution in [0.15, 0.2) is 0 Å². The molecule has 5 heteroatoms. The molecule has 4 aliphatic rings. The highest BCUT2D eigenvalue weighted by atomic mass is 16.4. The van der Waals surface area contributed by atoms with Gasteiger partial charge in [-0.25, -0.2) is 0 Å². The number of carbonyl (C=O) groups is 1. The first-order valence-electron chi connectivity index (χ1n) is 13.7. The van der Waals surface area contributed by atoms with Crippen LogP contribution >= 0.6 is 0 Å². The summed E-state index contributed by atoms with van der Waals surface area (Å²) in [6, 6.07) is 0. The first-order valence-corrected chi connectivity index (χ1v) is 11.2. The number of fused-ring (bicyclic) bond motifs is 5. The van der Waals surface area contributed by atoms with Crippen LogP contribution in [0.2, 0.25) is 0 Å². The van der Waals surface area contributed by atoms with Crippen molar-refractivity contribution in [3.63, 3.8) is 0 Å². The highest BCUT2D eigenvalue weighted by Gasteiger charge is 2.65. The average molecular weight is 414 g/mol. The van der Waals surface area contributed by atoms with Crippen molar-refractivity contribution < 1.29 is 32.1 Å². The summed E-state index contributed by atoms with van der Waals surface area (Å²) in [5.74, 6) is -2.18. The summed E-state index contributed by atoms with van der Waals surface area (Å²) in [6.45, 7) is 5.91. The van der Waals surface area contributed by atoms with Crippen LogP contribution in [0.5, 0.6) is 0 Å². The van der Waals surface area contributed by atoms with Gasteiger partial charge in [-0.3, -0.25) is 4.79 Å². The van der Waals surface area contributed by atoms with Gasteiger partial charge in [-0.1, -0.05) is 20.8 Å². The highest BCUT2D eigenvalue weighted by molar-refractivity contribution is 5.66. The third-order valence-corrected chi connectivity index (χ3v) is 9.52. The second-order valence-electron chi connectivity index (χ2n) is 10.7. The molecule has 29 heavy (non-hydrogen) atoms. The van der Waals surface area contributed by atoms with E-state index in [1.165, 1.54) is 0 Å². The molecule has 0 aromatic rings. The number of hydrogen-bond donors (Lipinski definition) is 4. The van der Waals surface area contributed by atoms with Crippen molar-refractivity contribution >= 4 is 5.97 Å². The van der Waals surface area contributed by atoms with Gasteiger partial charge < -0.3 is 20.4 Å². The maximum Gasteiger partial charge on any atom is 0.303 e. The molecule has 0 aromatic carbocycles.